The first kappa shape index (κ1) is 13.0. The fourth-order valence-electron chi connectivity index (χ4n) is 1.60. The van der Waals surface area contributed by atoms with Crippen LogP contribution in [0.3, 0.4) is 0 Å². The van der Waals surface area contributed by atoms with Crippen molar-refractivity contribution in [2.24, 2.45) is 5.73 Å². The first-order chi connectivity index (χ1) is 8.62. The first-order valence-corrected chi connectivity index (χ1v) is 6.80. The van der Waals surface area contributed by atoms with Crippen LogP contribution in [0, 0.1) is 0 Å². The Hall–Kier alpha value is -1.40. The quantitative estimate of drug-likeness (QED) is 0.836. The van der Waals surface area contributed by atoms with E-state index in [-0.39, 0.29) is 5.41 Å². The highest BCUT2D eigenvalue weighted by atomic mass is 32.1. The molecule has 0 aliphatic carbocycles. The lowest BCUT2D eigenvalue weighted by atomic mass is 9.91. The second-order valence-corrected chi connectivity index (χ2v) is 5.70. The molecule has 0 aliphatic heterocycles. The molecule has 0 aromatic carbocycles. The van der Waals surface area contributed by atoms with Gasteiger partial charge in [0.2, 0.25) is 5.89 Å². The van der Waals surface area contributed by atoms with Crippen molar-refractivity contribution in [3.63, 3.8) is 0 Å². The van der Waals surface area contributed by atoms with Gasteiger partial charge in [-0.3, -0.25) is 0 Å². The first-order valence-electron chi connectivity index (χ1n) is 5.92. The highest BCUT2D eigenvalue weighted by Gasteiger charge is 2.22. The summed E-state index contributed by atoms with van der Waals surface area (Å²) in [7, 11) is 0. The summed E-state index contributed by atoms with van der Waals surface area (Å²) in [5.74, 6) is 0.578. The SMILES string of the molecule is CC(C)(CNc1nnc(CCN)o1)c1cccs1. The van der Waals surface area contributed by atoms with Crippen molar-refractivity contribution in [2.75, 3.05) is 18.4 Å². The third-order valence-corrected chi connectivity index (χ3v) is 3.93. The molecule has 0 radical (unpaired) electrons. The fourth-order valence-corrected chi connectivity index (χ4v) is 2.45. The molecule has 2 aromatic heterocycles. The molecule has 5 nitrogen and oxygen atoms in total. The van der Waals surface area contributed by atoms with Crippen molar-refractivity contribution in [3.05, 3.63) is 28.3 Å². The van der Waals surface area contributed by atoms with Gasteiger partial charge in [-0.05, 0) is 11.4 Å². The molecule has 0 saturated carbocycles. The number of hydrogen-bond donors (Lipinski definition) is 2. The Bertz CT molecular complexity index is 478. The second-order valence-electron chi connectivity index (χ2n) is 4.75. The van der Waals surface area contributed by atoms with Gasteiger partial charge in [0, 0.05) is 29.8 Å². The summed E-state index contributed by atoms with van der Waals surface area (Å²) in [6.45, 7) is 5.63. The largest absolute Gasteiger partial charge is 0.408 e. The van der Waals surface area contributed by atoms with Crippen LogP contribution in [-0.2, 0) is 11.8 Å². The number of anilines is 1. The highest BCUT2D eigenvalue weighted by Crippen LogP contribution is 2.27. The minimum absolute atomic E-state index is 0.0384. The molecular formula is C12H18N4OS. The van der Waals surface area contributed by atoms with Crippen molar-refractivity contribution in [2.45, 2.75) is 25.7 Å². The van der Waals surface area contributed by atoms with Crippen LogP contribution in [0.15, 0.2) is 21.9 Å². The maximum Gasteiger partial charge on any atom is 0.315 e. The van der Waals surface area contributed by atoms with E-state index in [9.17, 15) is 0 Å². The molecule has 0 saturated heterocycles. The van der Waals surface area contributed by atoms with E-state index in [1.165, 1.54) is 4.88 Å². The van der Waals surface area contributed by atoms with Crippen molar-refractivity contribution in [1.29, 1.82) is 0 Å². The molecule has 98 valence electrons. The molecule has 0 amide bonds. The maximum atomic E-state index is 5.43. The van der Waals surface area contributed by atoms with Gasteiger partial charge < -0.3 is 15.5 Å². The lowest BCUT2D eigenvalue weighted by Crippen LogP contribution is -2.26. The molecule has 0 atom stereocenters. The van der Waals surface area contributed by atoms with E-state index >= 15 is 0 Å². The lowest BCUT2D eigenvalue weighted by Gasteiger charge is -2.22. The minimum Gasteiger partial charge on any atom is -0.408 e. The van der Waals surface area contributed by atoms with Crippen molar-refractivity contribution < 1.29 is 4.42 Å². The lowest BCUT2D eigenvalue weighted by molar-refractivity contribution is 0.493. The molecule has 0 spiro atoms. The Balaban J connectivity index is 1.94. The van der Waals surface area contributed by atoms with Gasteiger partial charge in [-0.15, -0.1) is 16.4 Å². The van der Waals surface area contributed by atoms with E-state index in [2.05, 4.69) is 46.9 Å². The van der Waals surface area contributed by atoms with E-state index < -0.39 is 0 Å². The summed E-state index contributed by atoms with van der Waals surface area (Å²) in [4.78, 5) is 1.33. The number of nitrogens with zero attached hydrogens (tertiary/aromatic N) is 2. The topological polar surface area (TPSA) is 77.0 Å². The highest BCUT2D eigenvalue weighted by molar-refractivity contribution is 7.10. The van der Waals surface area contributed by atoms with Crippen molar-refractivity contribution >= 4 is 17.4 Å². The van der Waals surface area contributed by atoms with Gasteiger partial charge in [0.25, 0.3) is 0 Å². The van der Waals surface area contributed by atoms with Gasteiger partial charge in [-0.2, -0.15) is 0 Å². The molecule has 18 heavy (non-hydrogen) atoms. The van der Waals surface area contributed by atoms with E-state index in [0.29, 0.717) is 24.9 Å². The van der Waals surface area contributed by atoms with Crippen LogP contribution in [0.2, 0.25) is 0 Å². The molecule has 2 rings (SSSR count). The van der Waals surface area contributed by atoms with Crippen LogP contribution in [0.1, 0.15) is 24.6 Å². The number of nitrogens with one attached hydrogen (secondary N) is 1. The summed E-state index contributed by atoms with van der Waals surface area (Å²) < 4.78 is 5.43. The summed E-state index contributed by atoms with van der Waals surface area (Å²) in [5, 5.41) is 13.1. The monoisotopic (exact) mass is 266 g/mol. The molecular weight excluding hydrogens is 248 g/mol. The van der Waals surface area contributed by atoms with Crippen LogP contribution >= 0.6 is 11.3 Å². The number of nitrogens with two attached hydrogens (primary N) is 1. The third kappa shape index (κ3) is 3.08. The van der Waals surface area contributed by atoms with Crippen LogP contribution < -0.4 is 11.1 Å². The van der Waals surface area contributed by atoms with E-state index in [4.69, 9.17) is 10.2 Å². The molecule has 2 aromatic rings. The Labute approximate surface area is 110 Å². The second kappa shape index (κ2) is 5.49. The van der Waals surface area contributed by atoms with Crippen LogP contribution in [0.25, 0.3) is 0 Å². The van der Waals surface area contributed by atoms with E-state index in [0.717, 1.165) is 6.54 Å². The zero-order valence-corrected chi connectivity index (χ0v) is 11.5. The molecule has 0 aliphatic rings. The van der Waals surface area contributed by atoms with Crippen LogP contribution in [-0.4, -0.2) is 23.3 Å². The van der Waals surface area contributed by atoms with Crippen molar-refractivity contribution in [1.82, 2.24) is 10.2 Å². The van der Waals surface area contributed by atoms with Crippen molar-refractivity contribution in [3.8, 4) is 0 Å². The summed E-state index contributed by atoms with van der Waals surface area (Å²) in [6, 6.07) is 4.66. The van der Waals surface area contributed by atoms with Gasteiger partial charge in [-0.1, -0.05) is 25.0 Å². The molecule has 0 unspecified atom stereocenters. The number of hydrogen-bond acceptors (Lipinski definition) is 6. The average Bonchev–Trinajstić information content (AvgIpc) is 2.98. The van der Waals surface area contributed by atoms with E-state index in [1.807, 2.05) is 0 Å². The summed E-state index contributed by atoms with van der Waals surface area (Å²) >= 11 is 1.76. The summed E-state index contributed by atoms with van der Waals surface area (Å²) in [5.41, 5.74) is 5.47. The predicted octanol–water partition coefficient (Wildman–Crippen LogP) is 2.02. The smallest absolute Gasteiger partial charge is 0.315 e. The minimum atomic E-state index is 0.0384. The number of rotatable bonds is 6. The van der Waals surface area contributed by atoms with Gasteiger partial charge >= 0.3 is 6.01 Å². The van der Waals surface area contributed by atoms with Crippen LogP contribution in [0.5, 0.6) is 0 Å². The van der Waals surface area contributed by atoms with Gasteiger partial charge in [0.05, 0.1) is 0 Å². The standard InChI is InChI=1S/C12H18N4OS/c1-12(2,9-4-3-7-18-9)8-14-11-16-15-10(17-11)5-6-13/h3-4,7H,5-6,8,13H2,1-2H3,(H,14,16). The molecule has 3 N–H and O–H groups in total. The van der Waals surface area contributed by atoms with E-state index in [1.54, 1.807) is 11.3 Å². The molecule has 2 heterocycles. The maximum absolute atomic E-state index is 5.43. The van der Waals surface area contributed by atoms with Gasteiger partial charge in [0.1, 0.15) is 0 Å². The Morgan fingerprint density at radius 3 is 2.94 bits per heavy atom. The Kier molecular flexibility index (Phi) is 3.98. The van der Waals surface area contributed by atoms with Gasteiger partial charge in [-0.25, -0.2) is 0 Å². The zero-order valence-electron chi connectivity index (χ0n) is 10.6. The Morgan fingerprint density at radius 1 is 1.44 bits per heavy atom. The molecule has 0 fully saturated rings. The molecule has 6 heteroatoms. The number of aromatic nitrogens is 2. The fraction of sp³-hybridized carbons (Fsp3) is 0.500. The number of thiophene rings is 1. The average molecular weight is 266 g/mol. The summed E-state index contributed by atoms with van der Waals surface area (Å²) in [6.07, 6.45) is 0.614. The van der Waals surface area contributed by atoms with Gasteiger partial charge in [0.15, 0.2) is 0 Å². The predicted molar refractivity (Wildman–Crippen MR) is 72.9 cm³/mol. The molecule has 0 bridgehead atoms. The third-order valence-electron chi connectivity index (χ3n) is 2.69. The van der Waals surface area contributed by atoms with Crippen LogP contribution in [0.4, 0.5) is 6.01 Å². The normalized spacial score (nSPS) is 11.7. The zero-order chi connectivity index (χ0) is 13.0. The Morgan fingerprint density at radius 2 is 2.28 bits per heavy atom.